The predicted octanol–water partition coefficient (Wildman–Crippen LogP) is 1.25. The van der Waals surface area contributed by atoms with Crippen LogP contribution in [0.4, 0.5) is 5.00 Å². The molecule has 8 heteroatoms. The summed E-state index contributed by atoms with van der Waals surface area (Å²) in [7, 11) is 3.35. The highest BCUT2D eigenvalue weighted by Gasteiger charge is 2.36. The van der Waals surface area contributed by atoms with Crippen molar-refractivity contribution in [2.75, 3.05) is 32.1 Å². The quantitative estimate of drug-likeness (QED) is 0.822. The fourth-order valence-corrected chi connectivity index (χ4v) is 5.24. The third-order valence-corrected chi connectivity index (χ3v) is 6.87. The second-order valence-corrected chi connectivity index (χ2v) is 8.69. The first-order chi connectivity index (χ1) is 13.9. The van der Waals surface area contributed by atoms with E-state index in [2.05, 4.69) is 0 Å². The number of hydrogen-bond donors (Lipinski definition) is 1. The van der Waals surface area contributed by atoms with Gasteiger partial charge in [0.05, 0.1) is 18.2 Å². The molecule has 0 unspecified atom stereocenters. The Hall–Kier alpha value is -2.71. The summed E-state index contributed by atoms with van der Waals surface area (Å²) in [6.07, 6.45) is 1.08. The van der Waals surface area contributed by atoms with Crippen LogP contribution in [0.2, 0.25) is 0 Å². The maximum absolute atomic E-state index is 12.9. The van der Waals surface area contributed by atoms with Crippen LogP contribution in [0, 0.1) is 0 Å². The van der Waals surface area contributed by atoms with Crippen LogP contribution in [0.1, 0.15) is 26.4 Å². The Bertz CT molecular complexity index is 972. The molecule has 0 fully saturated rings. The number of thiophene rings is 1. The van der Waals surface area contributed by atoms with Gasteiger partial charge >= 0.3 is 0 Å². The Balaban J connectivity index is 1.56. The van der Waals surface area contributed by atoms with E-state index in [0.29, 0.717) is 36.5 Å². The van der Waals surface area contributed by atoms with E-state index >= 15 is 0 Å². The van der Waals surface area contributed by atoms with E-state index in [9.17, 15) is 14.4 Å². The topological polar surface area (TPSA) is 87.0 Å². The summed E-state index contributed by atoms with van der Waals surface area (Å²) in [5.41, 5.74) is 8.80. The molecule has 1 aromatic carbocycles. The van der Waals surface area contributed by atoms with Crippen LogP contribution in [0.25, 0.3) is 0 Å². The average molecular weight is 413 g/mol. The molecular weight excluding hydrogens is 388 g/mol. The molecule has 1 atom stereocenters. The standard InChI is InChI=1S/C21H24N4O3S/c1-23-12-17(26)24(2)21-18(20(23)28)14-8-9-25(11-16(14)29-21)19(27)15(22)10-13-6-4-3-5-7-13/h3-7,15H,8-12,22H2,1-2H3/t15-/m1/s1. The van der Waals surface area contributed by atoms with E-state index in [4.69, 9.17) is 5.73 Å². The van der Waals surface area contributed by atoms with Gasteiger partial charge in [-0.25, -0.2) is 0 Å². The maximum atomic E-state index is 12.9. The summed E-state index contributed by atoms with van der Waals surface area (Å²) in [6, 6.07) is 9.13. The van der Waals surface area contributed by atoms with Gasteiger partial charge in [-0.2, -0.15) is 0 Å². The second kappa shape index (κ2) is 7.61. The van der Waals surface area contributed by atoms with E-state index in [1.165, 1.54) is 16.2 Å². The zero-order valence-electron chi connectivity index (χ0n) is 16.6. The molecule has 0 saturated carbocycles. The van der Waals surface area contributed by atoms with Gasteiger partial charge in [-0.05, 0) is 24.0 Å². The van der Waals surface area contributed by atoms with Gasteiger partial charge in [0.25, 0.3) is 5.91 Å². The first-order valence-corrected chi connectivity index (χ1v) is 10.4. The monoisotopic (exact) mass is 412 g/mol. The average Bonchev–Trinajstić information content (AvgIpc) is 3.07. The zero-order valence-corrected chi connectivity index (χ0v) is 17.4. The molecule has 0 radical (unpaired) electrons. The molecular formula is C21H24N4O3S. The van der Waals surface area contributed by atoms with E-state index in [1.54, 1.807) is 23.9 Å². The van der Waals surface area contributed by atoms with Crippen LogP contribution in [-0.4, -0.2) is 60.7 Å². The molecule has 1 aromatic heterocycles. The van der Waals surface area contributed by atoms with Crippen molar-refractivity contribution in [3.05, 3.63) is 51.9 Å². The van der Waals surface area contributed by atoms with Gasteiger partial charge in [-0.15, -0.1) is 11.3 Å². The van der Waals surface area contributed by atoms with Crippen molar-refractivity contribution in [1.29, 1.82) is 0 Å². The number of fused-ring (bicyclic) bond motifs is 3. The summed E-state index contributed by atoms with van der Waals surface area (Å²) in [5.74, 6) is -0.331. The zero-order chi connectivity index (χ0) is 20.7. The van der Waals surface area contributed by atoms with Crippen molar-refractivity contribution in [3.63, 3.8) is 0 Å². The summed E-state index contributed by atoms with van der Waals surface area (Å²) in [4.78, 5) is 43.8. The molecule has 3 amide bonds. The largest absolute Gasteiger partial charge is 0.336 e. The first kappa shape index (κ1) is 19.6. The van der Waals surface area contributed by atoms with Gasteiger partial charge in [-0.1, -0.05) is 30.3 Å². The number of anilines is 1. The molecule has 2 aromatic rings. The molecule has 0 saturated heterocycles. The molecule has 0 spiro atoms. The molecule has 4 rings (SSSR count). The SMILES string of the molecule is CN1CC(=O)N(C)c2sc3c(c2C1=O)CCN(C(=O)[C@H](N)Cc1ccccc1)C3. The second-order valence-electron chi connectivity index (χ2n) is 7.60. The van der Waals surface area contributed by atoms with Crippen LogP contribution in [0.5, 0.6) is 0 Å². The molecule has 7 nitrogen and oxygen atoms in total. The lowest BCUT2D eigenvalue weighted by Gasteiger charge is -2.29. The molecule has 0 bridgehead atoms. The van der Waals surface area contributed by atoms with Gasteiger partial charge in [0.1, 0.15) is 11.5 Å². The van der Waals surface area contributed by atoms with Crippen molar-refractivity contribution in [2.24, 2.45) is 5.73 Å². The number of amides is 3. The van der Waals surface area contributed by atoms with Crippen LogP contribution in [-0.2, 0) is 29.0 Å². The van der Waals surface area contributed by atoms with Crippen LogP contribution >= 0.6 is 11.3 Å². The van der Waals surface area contributed by atoms with Gasteiger partial charge in [0, 0.05) is 25.5 Å². The molecule has 2 aliphatic heterocycles. The maximum Gasteiger partial charge on any atom is 0.257 e. The lowest BCUT2D eigenvalue weighted by atomic mass is 10.00. The van der Waals surface area contributed by atoms with Crippen molar-refractivity contribution in [3.8, 4) is 0 Å². The minimum Gasteiger partial charge on any atom is -0.336 e. The normalized spacial score (nSPS) is 17.7. The van der Waals surface area contributed by atoms with E-state index in [0.717, 1.165) is 16.0 Å². The number of hydrogen-bond acceptors (Lipinski definition) is 5. The van der Waals surface area contributed by atoms with E-state index in [-0.39, 0.29) is 24.3 Å². The highest BCUT2D eigenvalue weighted by Crippen LogP contribution is 2.40. The first-order valence-electron chi connectivity index (χ1n) is 9.61. The number of nitrogens with zero attached hydrogens (tertiary/aromatic N) is 3. The van der Waals surface area contributed by atoms with Gasteiger partial charge in [-0.3, -0.25) is 14.4 Å². The van der Waals surface area contributed by atoms with Crippen molar-refractivity contribution in [2.45, 2.75) is 25.4 Å². The van der Waals surface area contributed by atoms with E-state index < -0.39 is 6.04 Å². The van der Waals surface area contributed by atoms with Gasteiger partial charge < -0.3 is 20.4 Å². The Morgan fingerprint density at radius 1 is 1.17 bits per heavy atom. The Kier molecular flexibility index (Phi) is 5.14. The number of carbonyl (C=O) groups excluding carboxylic acids is 3. The predicted molar refractivity (Wildman–Crippen MR) is 112 cm³/mol. The van der Waals surface area contributed by atoms with Crippen LogP contribution < -0.4 is 10.6 Å². The number of likely N-dealkylation sites (N-methyl/N-ethyl adjacent to an activating group) is 2. The minimum atomic E-state index is -0.603. The number of nitrogens with two attached hydrogens (primary N) is 1. The molecule has 3 heterocycles. The van der Waals surface area contributed by atoms with Crippen molar-refractivity contribution < 1.29 is 14.4 Å². The van der Waals surface area contributed by atoms with Gasteiger partial charge in [0.2, 0.25) is 11.8 Å². The molecule has 2 aliphatic rings. The Labute approximate surface area is 173 Å². The molecule has 0 aliphatic carbocycles. The lowest BCUT2D eigenvalue weighted by Crippen LogP contribution is -2.46. The lowest BCUT2D eigenvalue weighted by molar-refractivity contribution is -0.133. The Morgan fingerprint density at radius 2 is 1.90 bits per heavy atom. The molecule has 2 N–H and O–H groups in total. The summed E-state index contributed by atoms with van der Waals surface area (Å²) >= 11 is 1.43. The fraction of sp³-hybridized carbons (Fsp3) is 0.381. The highest BCUT2D eigenvalue weighted by atomic mass is 32.1. The number of rotatable bonds is 3. The Morgan fingerprint density at radius 3 is 2.62 bits per heavy atom. The van der Waals surface area contributed by atoms with E-state index in [1.807, 2.05) is 30.3 Å². The van der Waals surface area contributed by atoms with Crippen molar-refractivity contribution in [1.82, 2.24) is 9.80 Å². The molecule has 29 heavy (non-hydrogen) atoms. The number of benzene rings is 1. The van der Waals surface area contributed by atoms with Gasteiger partial charge in [0.15, 0.2) is 0 Å². The van der Waals surface area contributed by atoms with Crippen molar-refractivity contribution >= 4 is 34.1 Å². The fourth-order valence-electron chi connectivity index (χ4n) is 3.91. The third-order valence-electron chi connectivity index (χ3n) is 5.58. The van der Waals surface area contributed by atoms with Crippen LogP contribution in [0.3, 0.4) is 0 Å². The van der Waals surface area contributed by atoms with Crippen LogP contribution in [0.15, 0.2) is 30.3 Å². The summed E-state index contributed by atoms with van der Waals surface area (Å²) in [5, 5.41) is 0.678. The molecule has 152 valence electrons. The smallest absolute Gasteiger partial charge is 0.257 e. The summed E-state index contributed by atoms with van der Waals surface area (Å²) in [6.45, 7) is 1.02. The number of carbonyl (C=O) groups is 3. The summed E-state index contributed by atoms with van der Waals surface area (Å²) < 4.78 is 0. The minimum absolute atomic E-state index is 0.0739. The third kappa shape index (κ3) is 3.54. The highest BCUT2D eigenvalue weighted by molar-refractivity contribution is 7.17.